The van der Waals surface area contributed by atoms with Gasteiger partial charge in [-0.05, 0) is 19.3 Å². The molecule has 80 valence electrons. The van der Waals surface area contributed by atoms with Crippen LogP contribution in [0.2, 0.25) is 0 Å². The summed E-state index contributed by atoms with van der Waals surface area (Å²) in [5.41, 5.74) is 0. The molecule has 1 saturated heterocycles. The molecule has 0 radical (unpaired) electrons. The highest BCUT2D eigenvalue weighted by Gasteiger charge is 2.32. The number of ether oxygens (including phenoxy) is 1. The molecule has 1 aliphatic heterocycles. The van der Waals surface area contributed by atoms with Gasteiger partial charge in [-0.3, -0.25) is 9.69 Å². The van der Waals surface area contributed by atoms with Crippen molar-refractivity contribution in [3.63, 3.8) is 0 Å². The van der Waals surface area contributed by atoms with Crippen LogP contribution in [-0.4, -0.2) is 42.5 Å². The second-order valence-corrected chi connectivity index (χ2v) is 4.27. The van der Waals surface area contributed by atoms with Crippen molar-refractivity contribution in [3.8, 4) is 0 Å². The molecule has 0 aromatic heterocycles. The molecule has 2 rings (SSSR count). The molecule has 0 aromatic carbocycles. The predicted molar refractivity (Wildman–Crippen MR) is 54.3 cm³/mol. The predicted octanol–water partition coefficient (Wildman–Crippen LogP) is 1.22. The number of hydrogen-bond donors (Lipinski definition) is 0. The minimum Gasteiger partial charge on any atom is -0.376 e. The van der Waals surface area contributed by atoms with Crippen LogP contribution in [0.3, 0.4) is 0 Å². The molecule has 1 heterocycles. The van der Waals surface area contributed by atoms with Crippen molar-refractivity contribution >= 4 is 5.78 Å². The average Bonchev–Trinajstić information content (AvgIpc) is 2.65. The molecule has 2 aliphatic rings. The quantitative estimate of drug-likeness (QED) is 0.666. The van der Waals surface area contributed by atoms with Gasteiger partial charge in [-0.2, -0.15) is 0 Å². The lowest BCUT2D eigenvalue weighted by Crippen LogP contribution is -2.48. The van der Waals surface area contributed by atoms with Gasteiger partial charge in [0, 0.05) is 19.5 Å². The van der Waals surface area contributed by atoms with Crippen molar-refractivity contribution in [3.05, 3.63) is 0 Å². The van der Waals surface area contributed by atoms with Gasteiger partial charge in [0.1, 0.15) is 5.78 Å². The molecular formula is C11H19NO2. The third-order valence-corrected chi connectivity index (χ3v) is 3.34. The normalized spacial score (nSPS) is 35.1. The fourth-order valence-electron chi connectivity index (χ4n) is 2.46. The number of carbonyl (C=O) groups is 1. The van der Waals surface area contributed by atoms with Crippen LogP contribution in [0.4, 0.5) is 0 Å². The van der Waals surface area contributed by atoms with Crippen LogP contribution in [-0.2, 0) is 9.53 Å². The van der Waals surface area contributed by atoms with Gasteiger partial charge in [0.05, 0.1) is 18.8 Å². The average molecular weight is 197 g/mol. The smallest absolute Gasteiger partial charge is 0.149 e. The third kappa shape index (κ3) is 1.98. The van der Waals surface area contributed by atoms with E-state index in [1.165, 1.54) is 0 Å². The minimum absolute atomic E-state index is 0.216. The molecule has 2 unspecified atom stereocenters. The Balaban J connectivity index is 1.93. The summed E-state index contributed by atoms with van der Waals surface area (Å²) in [4.78, 5) is 13.9. The molecule has 0 spiro atoms. The number of nitrogens with zero attached hydrogens (tertiary/aromatic N) is 1. The first kappa shape index (κ1) is 10.1. The molecule has 14 heavy (non-hydrogen) atoms. The Kier molecular flexibility index (Phi) is 3.19. The molecule has 3 heteroatoms. The van der Waals surface area contributed by atoms with Crippen LogP contribution in [0.1, 0.15) is 32.6 Å². The van der Waals surface area contributed by atoms with Gasteiger partial charge in [-0.15, -0.1) is 0 Å². The van der Waals surface area contributed by atoms with E-state index in [-0.39, 0.29) is 6.04 Å². The standard InChI is InChI=1S/C11H19NO2/c1-2-9-8-12(6-7-14-9)10-4-3-5-11(10)13/h9-10H,2-8H2,1H3. The van der Waals surface area contributed by atoms with E-state index < -0.39 is 0 Å². The summed E-state index contributed by atoms with van der Waals surface area (Å²) in [7, 11) is 0. The highest BCUT2D eigenvalue weighted by atomic mass is 16.5. The fraction of sp³-hybridized carbons (Fsp3) is 0.909. The zero-order chi connectivity index (χ0) is 9.97. The van der Waals surface area contributed by atoms with Crippen LogP contribution in [0.5, 0.6) is 0 Å². The van der Waals surface area contributed by atoms with Crippen molar-refractivity contribution < 1.29 is 9.53 Å². The highest BCUT2D eigenvalue weighted by molar-refractivity contribution is 5.85. The van der Waals surface area contributed by atoms with Crippen molar-refractivity contribution in [2.45, 2.75) is 44.8 Å². The van der Waals surface area contributed by atoms with Gasteiger partial charge in [0.25, 0.3) is 0 Å². The molecule has 0 amide bonds. The van der Waals surface area contributed by atoms with Crippen LogP contribution < -0.4 is 0 Å². The largest absolute Gasteiger partial charge is 0.376 e. The first-order valence-electron chi connectivity index (χ1n) is 5.69. The van der Waals surface area contributed by atoms with Crippen LogP contribution in [0.15, 0.2) is 0 Å². The van der Waals surface area contributed by atoms with Crippen LogP contribution in [0.25, 0.3) is 0 Å². The van der Waals surface area contributed by atoms with Crippen molar-refractivity contribution in [1.29, 1.82) is 0 Å². The van der Waals surface area contributed by atoms with E-state index >= 15 is 0 Å². The first-order valence-corrected chi connectivity index (χ1v) is 5.69. The van der Waals surface area contributed by atoms with E-state index in [0.717, 1.165) is 45.4 Å². The number of hydrogen-bond acceptors (Lipinski definition) is 3. The topological polar surface area (TPSA) is 29.5 Å². The van der Waals surface area contributed by atoms with Gasteiger partial charge in [0.15, 0.2) is 0 Å². The van der Waals surface area contributed by atoms with Crippen molar-refractivity contribution in [2.24, 2.45) is 0 Å². The number of morpholine rings is 1. The summed E-state index contributed by atoms with van der Waals surface area (Å²) in [6, 6.07) is 0.216. The Morgan fingerprint density at radius 2 is 2.43 bits per heavy atom. The van der Waals surface area contributed by atoms with Gasteiger partial charge >= 0.3 is 0 Å². The molecule has 1 aliphatic carbocycles. The van der Waals surface area contributed by atoms with Gasteiger partial charge in [-0.25, -0.2) is 0 Å². The molecule has 2 fully saturated rings. The van der Waals surface area contributed by atoms with Crippen molar-refractivity contribution in [1.82, 2.24) is 4.90 Å². The lowest BCUT2D eigenvalue weighted by molar-refractivity contribution is -0.125. The van der Waals surface area contributed by atoms with E-state index in [0.29, 0.717) is 11.9 Å². The monoisotopic (exact) mass is 197 g/mol. The first-order chi connectivity index (χ1) is 6.81. The van der Waals surface area contributed by atoms with E-state index in [9.17, 15) is 4.79 Å². The maximum absolute atomic E-state index is 11.6. The maximum atomic E-state index is 11.6. The Morgan fingerprint density at radius 3 is 3.07 bits per heavy atom. The maximum Gasteiger partial charge on any atom is 0.149 e. The SMILES string of the molecule is CCC1CN(C2CCCC2=O)CCO1. The summed E-state index contributed by atoms with van der Waals surface area (Å²) in [6.07, 6.45) is 4.33. The summed E-state index contributed by atoms with van der Waals surface area (Å²) < 4.78 is 5.60. The van der Waals surface area contributed by atoms with Crippen LogP contribution in [0, 0.1) is 0 Å². The minimum atomic E-state index is 0.216. The number of Topliss-reactive ketones (excluding diaryl/α,β-unsaturated/α-hetero) is 1. The number of rotatable bonds is 2. The Hall–Kier alpha value is -0.410. The lowest BCUT2D eigenvalue weighted by atomic mass is 10.1. The number of carbonyl (C=O) groups excluding carboxylic acids is 1. The van der Waals surface area contributed by atoms with E-state index in [1.807, 2.05) is 0 Å². The highest BCUT2D eigenvalue weighted by Crippen LogP contribution is 2.22. The molecule has 0 N–H and O–H groups in total. The van der Waals surface area contributed by atoms with E-state index in [2.05, 4.69) is 11.8 Å². The molecule has 0 bridgehead atoms. The van der Waals surface area contributed by atoms with Gasteiger partial charge < -0.3 is 4.74 Å². The molecule has 3 nitrogen and oxygen atoms in total. The van der Waals surface area contributed by atoms with Crippen molar-refractivity contribution in [2.75, 3.05) is 19.7 Å². The van der Waals surface area contributed by atoms with E-state index in [1.54, 1.807) is 0 Å². The van der Waals surface area contributed by atoms with Crippen LogP contribution >= 0.6 is 0 Å². The second-order valence-electron chi connectivity index (χ2n) is 4.27. The Bertz CT molecular complexity index is 217. The summed E-state index contributed by atoms with van der Waals surface area (Å²) in [6.45, 7) is 4.83. The van der Waals surface area contributed by atoms with Gasteiger partial charge in [0.2, 0.25) is 0 Å². The van der Waals surface area contributed by atoms with Gasteiger partial charge in [-0.1, -0.05) is 6.92 Å². The Morgan fingerprint density at radius 1 is 1.57 bits per heavy atom. The lowest BCUT2D eigenvalue weighted by Gasteiger charge is -2.35. The molecular weight excluding hydrogens is 178 g/mol. The Labute approximate surface area is 85.4 Å². The summed E-state index contributed by atoms with van der Waals surface area (Å²) in [5.74, 6) is 0.446. The number of ketones is 1. The zero-order valence-electron chi connectivity index (χ0n) is 8.87. The third-order valence-electron chi connectivity index (χ3n) is 3.34. The summed E-state index contributed by atoms with van der Waals surface area (Å²) in [5, 5.41) is 0. The zero-order valence-corrected chi connectivity index (χ0v) is 8.87. The fourth-order valence-corrected chi connectivity index (χ4v) is 2.46. The molecule has 0 aromatic rings. The van der Waals surface area contributed by atoms with E-state index in [4.69, 9.17) is 4.74 Å². The second kappa shape index (κ2) is 4.41. The molecule has 1 saturated carbocycles. The summed E-state index contributed by atoms with van der Waals surface area (Å²) >= 11 is 0. The molecule has 2 atom stereocenters.